The molecule has 0 saturated heterocycles. The smallest absolute Gasteiger partial charge is 0.254 e. The van der Waals surface area contributed by atoms with Gasteiger partial charge in [-0.05, 0) is 75.5 Å². The summed E-state index contributed by atoms with van der Waals surface area (Å²) < 4.78 is 0. The molecule has 174 valence electrons. The van der Waals surface area contributed by atoms with Crippen LogP contribution in [0.5, 0.6) is 0 Å². The van der Waals surface area contributed by atoms with Crippen LogP contribution in [0.2, 0.25) is 0 Å². The number of hydrogen-bond acceptors (Lipinski definition) is 5. The Hall–Kier alpha value is -2.80. The quantitative estimate of drug-likeness (QED) is 0.438. The van der Waals surface area contributed by atoms with Gasteiger partial charge in [0.1, 0.15) is 5.00 Å². The second-order valence-electron chi connectivity index (χ2n) is 9.68. The van der Waals surface area contributed by atoms with Crippen LogP contribution >= 0.6 is 11.3 Å². The Labute approximate surface area is 199 Å². The van der Waals surface area contributed by atoms with E-state index in [4.69, 9.17) is 0 Å². The molecule has 2 amide bonds. The third-order valence-electron chi connectivity index (χ3n) is 6.65. The summed E-state index contributed by atoms with van der Waals surface area (Å²) in [6.07, 6.45) is 6.86. The Balaban J connectivity index is 1.29. The molecule has 0 aliphatic heterocycles. The highest BCUT2D eigenvalue weighted by molar-refractivity contribution is 7.17. The third-order valence-corrected chi connectivity index (χ3v) is 7.85. The van der Waals surface area contributed by atoms with E-state index in [1.54, 1.807) is 11.3 Å². The first-order valence-corrected chi connectivity index (χ1v) is 12.8. The molecule has 2 saturated carbocycles. The predicted molar refractivity (Wildman–Crippen MR) is 134 cm³/mol. The van der Waals surface area contributed by atoms with Crippen molar-refractivity contribution in [3.05, 3.63) is 58.2 Å². The normalized spacial score (nSPS) is 19.4. The van der Waals surface area contributed by atoms with Crippen LogP contribution in [0.3, 0.4) is 0 Å². The van der Waals surface area contributed by atoms with Gasteiger partial charge in [-0.2, -0.15) is 0 Å². The average Bonchev–Trinajstić information content (AvgIpc) is 3.70. The molecular formula is C26H32N4O2S. The zero-order valence-electron chi connectivity index (χ0n) is 19.1. The largest absolute Gasteiger partial charge is 0.369 e. The number of nitrogens with one attached hydrogen (secondary N) is 4. The fourth-order valence-corrected chi connectivity index (χ4v) is 5.58. The zero-order valence-corrected chi connectivity index (χ0v) is 19.9. The molecule has 7 heteroatoms. The second-order valence-corrected chi connectivity index (χ2v) is 10.8. The highest BCUT2D eigenvalue weighted by atomic mass is 32.1. The summed E-state index contributed by atoms with van der Waals surface area (Å²) in [7, 11) is 0. The Bertz CT molecular complexity index is 1070. The highest BCUT2D eigenvalue weighted by Gasteiger charge is 2.34. The molecule has 33 heavy (non-hydrogen) atoms. The molecule has 3 aliphatic carbocycles. The number of fused-ring (bicyclic) bond motifs is 1. The molecule has 6 nitrogen and oxygen atoms in total. The Morgan fingerprint density at radius 3 is 2.52 bits per heavy atom. The first kappa shape index (κ1) is 22.0. The monoisotopic (exact) mass is 464 g/mol. The summed E-state index contributed by atoms with van der Waals surface area (Å²) in [6.45, 7) is 6.94. The lowest BCUT2D eigenvalue weighted by atomic mass is 9.91. The summed E-state index contributed by atoms with van der Waals surface area (Å²) in [4.78, 5) is 26.9. The molecule has 2 fully saturated rings. The molecule has 0 bridgehead atoms. The van der Waals surface area contributed by atoms with Crippen molar-refractivity contribution in [1.82, 2.24) is 10.6 Å². The SMILES string of the molecule is C=C(Nc1ccc(C)cc1)NC1CCc2sc(NC(=O)C3CC3)c(C(=O)NCC3CC3)c2C1. The van der Waals surface area contributed by atoms with Gasteiger partial charge in [0, 0.05) is 29.1 Å². The van der Waals surface area contributed by atoms with Gasteiger partial charge < -0.3 is 21.3 Å². The van der Waals surface area contributed by atoms with Crippen LogP contribution in [-0.4, -0.2) is 24.4 Å². The van der Waals surface area contributed by atoms with Crippen molar-refractivity contribution in [3.63, 3.8) is 0 Å². The van der Waals surface area contributed by atoms with E-state index in [1.807, 2.05) is 12.1 Å². The summed E-state index contributed by atoms with van der Waals surface area (Å²) in [5, 5.41) is 13.8. The highest BCUT2D eigenvalue weighted by Crippen LogP contribution is 2.40. The minimum atomic E-state index is -0.0530. The van der Waals surface area contributed by atoms with Gasteiger partial charge in [-0.25, -0.2) is 0 Å². The molecule has 5 rings (SSSR count). The zero-order chi connectivity index (χ0) is 22.9. The van der Waals surface area contributed by atoms with E-state index >= 15 is 0 Å². The van der Waals surface area contributed by atoms with Crippen LogP contribution in [0.1, 0.15) is 58.5 Å². The van der Waals surface area contributed by atoms with Crippen LogP contribution in [0.15, 0.2) is 36.7 Å². The third kappa shape index (κ3) is 5.41. The molecule has 1 unspecified atom stereocenters. The predicted octanol–water partition coefficient (Wildman–Crippen LogP) is 4.58. The van der Waals surface area contributed by atoms with E-state index in [0.717, 1.165) is 60.7 Å². The van der Waals surface area contributed by atoms with Crippen molar-refractivity contribution < 1.29 is 9.59 Å². The van der Waals surface area contributed by atoms with Crippen molar-refractivity contribution in [1.29, 1.82) is 0 Å². The van der Waals surface area contributed by atoms with Gasteiger partial charge in [0.25, 0.3) is 5.91 Å². The van der Waals surface area contributed by atoms with Gasteiger partial charge in [0.05, 0.1) is 11.4 Å². The minimum Gasteiger partial charge on any atom is -0.369 e. The van der Waals surface area contributed by atoms with Crippen molar-refractivity contribution >= 4 is 33.8 Å². The van der Waals surface area contributed by atoms with Crippen molar-refractivity contribution in [2.24, 2.45) is 11.8 Å². The number of amides is 2. The van der Waals surface area contributed by atoms with Crippen LogP contribution < -0.4 is 21.3 Å². The Morgan fingerprint density at radius 1 is 1.06 bits per heavy atom. The first-order chi connectivity index (χ1) is 16.0. The van der Waals surface area contributed by atoms with Gasteiger partial charge in [-0.3, -0.25) is 9.59 Å². The van der Waals surface area contributed by atoms with Crippen LogP contribution in [0, 0.1) is 18.8 Å². The number of rotatable bonds is 9. The van der Waals surface area contributed by atoms with Crippen LogP contribution in [0.4, 0.5) is 10.7 Å². The van der Waals surface area contributed by atoms with Gasteiger partial charge in [0.2, 0.25) is 5.91 Å². The molecule has 1 aromatic carbocycles. The second kappa shape index (κ2) is 9.21. The number of aryl methyl sites for hydroxylation is 2. The van der Waals surface area contributed by atoms with Gasteiger partial charge in [-0.15, -0.1) is 11.3 Å². The fourth-order valence-electron chi connectivity index (χ4n) is 4.34. The van der Waals surface area contributed by atoms with E-state index in [0.29, 0.717) is 11.5 Å². The molecule has 1 heterocycles. The summed E-state index contributed by atoms with van der Waals surface area (Å²) in [5.41, 5.74) is 3.96. The average molecular weight is 465 g/mol. The van der Waals surface area contributed by atoms with Gasteiger partial charge >= 0.3 is 0 Å². The summed E-state index contributed by atoms with van der Waals surface area (Å²) >= 11 is 1.58. The molecule has 4 N–H and O–H groups in total. The maximum atomic E-state index is 13.2. The van der Waals surface area contributed by atoms with E-state index in [2.05, 4.69) is 46.9 Å². The fraction of sp³-hybridized carbons (Fsp3) is 0.462. The van der Waals surface area contributed by atoms with Gasteiger partial charge in [-0.1, -0.05) is 24.3 Å². The molecule has 0 spiro atoms. The minimum absolute atomic E-state index is 0.0511. The number of carbonyl (C=O) groups excluding carboxylic acids is 2. The number of thiophene rings is 1. The van der Waals surface area contributed by atoms with Crippen LogP contribution in [-0.2, 0) is 17.6 Å². The number of anilines is 2. The number of carbonyl (C=O) groups is 2. The molecule has 1 aromatic heterocycles. The lowest BCUT2D eigenvalue weighted by Gasteiger charge is -2.26. The number of benzene rings is 1. The molecule has 3 aliphatic rings. The maximum absolute atomic E-state index is 13.2. The molecule has 1 atom stereocenters. The molecular weight excluding hydrogens is 432 g/mol. The van der Waals surface area contributed by atoms with E-state index < -0.39 is 0 Å². The summed E-state index contributed by atoms with van der Waals surface area (Å²) in [6, 6.07) is 8.39. The Kier molecular flexibility index (Phi) is 6.15. The van der Waals surface area contributed by atoms with Crippen LogP contribution in [0.25, 0.3) is 0 Å². The number of hydrogen-bond donors (Lipinski definition) is 4. The van der Waals surface area contributed by atoms with E-state index in [9.17, 15) is 9.59 Å². The maximum Gasteiger partial charge on any atom is 0.254 e. The topological polar surface area (TPSA) is 82.3 Å². The first-order valence-electron chi connectivity index (χ1n) is 12.0. The van der Waals surface area contributed by atoms with Gasteiger partial charge in [0.15, 0.2) is 0 Å². The van der Waals surface area contributed by atoms with E-state index in [-0.39, 0.29) is 23.8 Å². The van der Waals surface area contributed by atoms with Crippen molar-refractivity contribution in [2.45, 2.75) is 57.9 Å². The summed E-state index contributed by atoms with van der Waals surface area (Å²) in [5.74, 6) is 1.47. The van der Waals surface area contributed by atoms with Crippen molar-refractivity contribution in [3.8, 4) is 0 Å². The molecule has 0 radical (unpaired) electrons. The standard InChI is InChI=1S/C26H32N4O2S/c1-15-3-9-19(10-4-15)28-16(2)29-20-11-12-22-21(13-20)23(25(32)27-14-17-5-6-17)26(33-22)30-24(31)18-7-8-18/h3-4,9-10,17-18,20,28-29H,2,5-8,11-14H2,1H3,(H,27,32)(H,30,31). The lowest BCUT2D eigenvalue weighted by Crippen LogP contribution is -2.36. The lowest BCUT2D eigenvalue weighted by molar-refractivity contribution is -0.117. The van der Waals surface area contributed by atoms with Crippen molar-refractivity contribution in [2.75, 3.05) is 17.2 Å². The van der Waals surface area contributed by atoms with E-state index in [1.165, 1.54) is 23.3 Å². The Morgan fingerprint density at radius 2 is 1.82 bits per heavy atom. The molecule has 2 aromatic rings.